The minimum atomic E-state index is -4.42. The molecule has 0 heterocycles. The fraction of sp³-hybridized carbons (Fsp3) is 0.250. The van der Waals surface area contributed by atoms with Gasteiger partial charge in [-0.25, -0.2) is 4.21 Å². The molecule has 27 heavy (non-hydrogen) atoms. The number of hydrogen-bond acceptors (Lipinski definition) is 5. The van der Waals surface area contributed by atoms with E-state index in [9.17, 15) is 17.8 Å². The molecule has 2 rings (SSSR count). The highest BCUT2D eigenvalue weighted by Gasteiger charge is 2.29. The molecule has 0 aliphatic heterocycles. The van der Waals surface area contributed by atoms with Crippen LogP contribution in [0.3, 0.4) is 0 Å². The second-order valence-electron chi connectivity index (χ2n) is 5.61. The van der Waals surface area contributed by atoms with Crippen molar-refractivity contribution in [1.29, 1.82) is 0 Å². The van der Waals surface area contributed by atoms with Gasteiger partial charge in [0.25, 0.3) is 0 Å². The van der Waals surface area contributed by atoms with Gasteiger partial charge >= 0.3 is 7.60 Å². The van der Waals surface area contributed by atoms with Crippen molar-refractivity contribution in [2.45, 2.75) is 23.4 Å². The molecule has 1 N–H and O–H groups in total. The van der Waals surface area contributed by atoms with E-state index < -0.39 is 24.8 Å². The van der Waals surface area contributed by atoms with Gasteiger partial charge in [-0.05, 0) is 37.4 Å². The summed E-state index contributed by atoms with van der Waals surface area (Å²) in [5.74, 6) is 1.56. The quantitative estimate of drug-likeness (QED) is 0.314. The Morgan fingerprint density at radius 1 is 1.04 bits per heavy atom. The monoisotopic (exact) mass is 500 g/mol. The van der Waals surface area contributed by atoms with Crippen molar-refractivity contribution in [1.82, 2.24) is 0 Å². The van der Waals surface area contributed by atoms with Crippen molar-refractivity contribution < 1.29 is 31.8 Å². The molecule has 1 unspecified atom stereocenters. The highest BCUT2D eigenvalue weighted by atomic mass is 79.9. The van der Waals surface area contributed by atoms with Gasteiger partial charge in [-0.1, -0.05) is 52.3 Å². The Labute approximate surface area is 170 Å². The molecule has 0 aliphatic rings. The third-order valence-electron chi connectivity index (χ3n) is 3.54. The summed E-state index contributed by atoms with van der Waals surface area (Å²) in [4.78, 5) is 0. The zero-order valence-corrected chi connectivity index (χ0v) is 18.0. The molecule has 5 nitrogen and oxygen atoms in total. The smallest absolute Gasteiger partial charge is 0.306 e. The Bertz CT molecular complexity index is 830. The first-order chi connectivity index (χ1) is 12.8. The van der Waals surface area contributed by atoms with E-state index in [1.165, 1.54) is 0 Å². The predicted molar refractivity (Wildman–Crippen MR) is 106 cm³/mol. The van der Waals surface area contributed by atoms with Crippen LogP contribution in [0.15, 0.2) is 46.9 Å². The molecular weight excluding hydrogens is 485 g/mol. The van der Waals surface area contributed by atoms with Gasteiger partial charge in [0.15, 0.2) is 11.1 Å². The number of hydrogen-bond donors (Lipinski definition) is 1. The lowest BCUT2D eigenvalue weighted by Gasteiger charge is -2.10. The van der Waals surface area contributed by atoms with Crippen molar-refractivity contribution in [3.63, 3.8) is 0 Å². The Hall–Kier alpha value is -0.610. The topological polar surface area (TPSA) is 72.8 Å². The molecule has 0 radical (unpaired) electrons. The largest absolute Gasteiger partial charge is 0.399 e. The highest BCUT2D eigenvalue weighted by molar-refractivity contribution is 9.10. The van der Waals surface area contributed by atoms with Crippen LogP contribution in [-0.2, 0) is 48.5 Å². The SMILES string of the molecule is O=S(O)Cc1ccc(CSCc2ccc(CP(=O)(OF)OF)c(Br)c2)cc1. The zero-order chi connectivity index (χ0) is 19.9. The molecule has 0 saturated heterocycles. The van der Waals surface area contributed by atoms with Crippen LogP contribution < -0.4 is 0 Å². The Morgan fingerprint density at radius 2 is 1.59 bits per heavy atom. The summed E-state index contributed by atoms with van der Waals surface area (Å²) in [6, 6.07) is 12.6. The molecule has 1 atom stereocenters. The van der Waals surface area contributed by atoms with Crippen LogP contribution in [-0.4, -0.2) is 8.76 Å². The molecule has 148 valence electrons. The van der Waals surface area contributed by atoms with Gasteiger partial charge in [-0.2, -0.15) is 11.8 Å². The second-order valence-corrected chi connectivity index (χ2v) is 10.2. The van der Waals surface area contributed by atoms with E-state index in [1.807, 2.05) is 24.3 Å². The van der Waals surface area contributed by atoms with Crippen LogP contribution in [0.4, 0.5) is 9.05 Å². The maximum absolute atomic E-state index is 12.2. The van der Waals surface area contributed by atoms with Crippen LogP contribution in [0.1, 0.15) is 22.3 Å². The van der Waals surface area contributed by atoms with Crippen LogP contribution in [0.2, 0.25) is 0 Å². The minimum Gasteiger partial charge on any atom is -0.306 e. The third-order valence-corrected chi connectivity index (χ3v) is 7.08. The summed E-state index contributed by atoms with van der Waals surface area (Å²) in [7, 11) is -4.42. The molecule has 2 aromatic rings. The molecular formula is C16H16BrF2O5PS2. The lowest BCUT2D eigenvalue weighted by atomic mass is 10.2. The van der Waals surface area contributed by atoms with Crippen molar-refractivity contribution in [2.24, 2.45) is 0 Å². The van der Waals surface area contributed by atoms with Crippen molar-refractivity contribution in [2.75, 3.05) is 0 Å². The fourth-order valence-electron chi connectivity index (χ4n) is 2.24. The Morgan fingerprint density at radius 3 is 2.15 bits per heavy atom. The Balaban J connectivity index is 1.90. The maximum Gasteiger partial charge on any atom is 0.399 e. The summed E-state index contributed by atoms with van der Waals surface area (Å²) < 4.78 is 62.3. The first kappa shape index (κ1) is 22.7. The van der Waals surface area contributed by atoms with E-state index in [0.717, 1.165) is 22.4 Å². The van der Waals surface area contributed by atoms with E-state index in [0.29, 0.717) is 15.8 Å². The van der Waals surface area contributed by atoms with Gasteiger partial charge in [0.2, 0.25) is 0 Å². The number of halogens is 3. The predicted octanol–water partition coefficient (Wildman–Crippen LogP) is 6.10. The first-order valence-corrected chi connectivity index (χ1v) is 12.5. The normalized spacial score (nSPS) is 12.9. The molecule has 0 aliphatic carbocycles. The van der Waals surface area contributed by atoms with E-state index in [2.05, 4.69) is 25.4 Å². The summed E-state index contributed by atoms with van der Waals surface area (Å²) in [5, 5.41) is 0. The van der Waals surface area contributed by atoms with Gasteiger partial charge < -0.3 is 4.55 Å². The maximum atomic E-state index is 12.2. The highest BCUT2D eigenvalue weighted by Crippen LogP contribution is 2.53. The molecule has 0 amide bonds. The lowest BCUT2D eigenvalue weighted by molar-refractivity contribution is -0.0881. The minimum absolute atomic E-state index is 0.113. The summed E-state index contributed by atoms with van der Waals surface area (Å²) in [5.41, 5.74) is 3.26. The molecule has 11 heteroatoms. The van der Waals surface area contributed by atoms with Crippen LogP contribution >= 0.6 is 35.3 Å². The van der Waals surface area contributed by atoms with E-state index in [1.54, 1.807) is 30.0 Å². The molecule has 0 bridgehead atoms. The van der Waals surface area contributed by atoms with Crippen LogP contribution in [0, 0.1) is 0 Å². The standard InChI is InChI=1S/C16H16BrF2O5PS2/c17-16-7-14(5-6-15(16)8-25(20,23-18)24-19)10-26-9-12-1-3-13(4-2-12)11-27(21)22/h1-7H,8-11H2,(H,21,22). The average molecular weight is 501 g/mol. The van der Waals surface area contributed by atoms with E-state index >= 15 is 0 Å². The third kappa shape index (κ3) is 7.38. The molecule has 0 aromatic heterocycles. The Kier molecular flexibility index (Phi) is 9.07. The van der Waals surface area contributed by atoms with Crippen molar-refractivity contribution >= 4 is 46.4 Å². The molecule has 2 aromatic carbocycles. The summed E-state index contributed by atoms with van der Waals surface area (Å²) in [6.45, 7) is 0. The van der Waals surface area contributed by atoms with Crippen molar-refractivity contribution in [3.8, 4) is 0 Å². The van der Waals surface area contributed by atoms with E-state index in [4.69, 9.17) is 4.55 Å². The van der Waals surface area contributed by atoms with E-state index in [-0.39, 0.29) is 5.75 Å². The second kappa shape index (κ2) is 10.8. The summed E-state index contributed by atoms with van der Waals surface area (Å²) in [6.07, 6.45) is -0.529. The van der Waals surface area contributed by atoms with Crippen LogP contribution in [0.5, 0.6) is 0 Å². The number of rotatable bonds is 10. The number of benzene rings is 2. The van der Waals surface area contributed by atoms with Crippen LogP contribution in [0.25, 0.3) is 0 Å². The van der Waals surface area contributed by atoms with Gasteiger partial charge in [0.05, 0.1) is 11.9 Å². The molecule has 0 spiro atoms. The van der Waals surface area contributed by atoms with Gasteiger partial charge in [-0.3, -0.25) is 4.57 Å². The average Bonchev–Trinajstić information content (AvgIpc) is 2.65. The molecule has 0 saturated carbocycles. The lowest BCUT2D eigenvalue weighted by Crippen LogP contribution is -1.94. The first-order valence-electron chi connectivity index (χ1n) is 7.55. The fourth-order valence-corrected chi connectivity index (χ4v) is 5.26. The van der Waals surface area contributed by atoms with Gasteiger partial charge in [-0.15, -0.1) is 9.46 Å². The zero-order valence-electron chi connectivity index (χ0n) is 13.8. The number of thioether (sulfide) groups is 1. The van der Waals surface area contributed by atoms with Crippen molar-refractivity contribution in [3.05, 3.63) is 69.2 Å². The van der Waals surface area contributed by atoms with Gasteiger partial charge in [0.1, 0.15) is 0 Å². The van der Waals surface area contributed by atoms with Gasteiger partial charge in [0, 0.05) is 16.0 Å². The molecule has 0 fully saturated rings. The summed E-state index contributed by atoms with van der Waals surface area (Å²) >= 11 is 3.10.